The lowest BCUT2D eigenvalue weighted by Crippen LogP contribution is -2.35. The average molecular weight is 732 g/mol. The Balaban J connectivity index is 1.01. The molecular weight excluding hydrogens is 695 g/mol. The van der Waals surface area contributed by atoms with Gasteiger partial charge >= 0.3 is 0 Å². The van der Waals surface area contributed by atoms with Gasteiger partial charge < -0.3 is 9.64 Å². The number of hydrogen-bond acceptors (Lipinski definition) is 4. The first-order valence-electron chi connectivity index (χ1n) is 19.5. The Bertz CT molecular complexity index is 2850. The normalized spacial score (nSPS) is 15.7. The summed E-state index contributed by atoms with van der Waals surface area (Å²) in [4.78, 5) is 12.7. The van der Waals surface area contributed by atoms with Crippen molar-refractivity contribution in [3.63, 3.8) is 0 Å². The van der Waals surface area contributed by atoms with Gasteiger partial charge in [0.15, 0.2) is 5.84 Å². The van der Waals surface area contributed by atoms with Crippen LogP contribution in [0.4, 0.5) is 0 Å². The molecule has 4 nitrogen and oxygen atoms in total. The van der Waals surface area contributed by atoms with Crippen LogP contribution in [0.2, 0.25) is 0 Å². The number of nitrogens with zero attached hydrogens (tertiary/aromatic N) is 3. The van der Waals surface area contributed by atoms with E-state index >= 15 is 0 Å². The van der Waals surface area contributed by atoms with Gasteiger partial charge in [-0.05, 0) is 68.3 Å². The first-order chi connectivity index (χ1) is 28.2. The molecule has 4 heteroatoms. The number of para-hydroxylation sites is 1. The maximum atomic E-state index is 6.69. The molecule has 2 heterocycles. The third kappa shape index (κ3) is 5.14. The van der Waals surface area contributed by atoms with Crippen molar-refractivity contribution in [1.82, 2.24) is 4.90 Å². The fraction of sp³-hybridized carbons (Fsp3) is 0.0566. The van der Waals surface area contributed by atoms with Crippen molar-refractivity contribution >= 4 is 11.7 Å². The molecule has 0 saturated carbocycles. The molecule has 1 aliphatic carbocycles. The largest absolute Gasteiger partial charge is 0.457 e. The van der Waals surface area contributed by atoms with Gasteiger partial charge in [0.05, 0.1) is 5.41 Å². The van der Waals surface area contributed by atoms with Gasteiger partial charge in [-0.3, -0.25) is 0 Å². The molecule has 57 heavy (non-hydrogen) atoms. The summed E-state index contributed by atoms with van der Waals surface area (Å²) in [6, 6.07) is 71.2. The topological polar surface area (TPSA) is 37.2 Å². The molecule has 8 aromatic rings. The van der Waals surface area contributed by atoms with Crippen molar-refractivity contribution in [3.05, 3.63) is 239 Å². The first kappa shape index (κ1) is 33.1. The van der Waals surface area contributed by atoms with Gasteiger partial charge in [0, 0.05) is 29.3 Å². The van der Waals surface area contributed by atoms with E-state index in [9.17, 15) is 0 Å². The molecule has 1 unspecified atom stereocenters. The third-order valence-corrected chi connectivity index (χ3v) is 11.8. The summed E-state index contributed by atoms with van der Waals surface area (Å²) in [5.74, 6) is 3.40. The van der Waals surface area contributed by atoms with Crippen LogP contribution in [0, 0.1) is 0 Å². The number of aliphatic imine (C=N–C) groups is 2. The van der Waals surface area contributed by atoms with E-state index in [1.54, 1.807) is 0 Å². The van der Waals surface area contributed by atoms with Crippen molar-refractivity contribution in [3.8, 4) is 44.9 Å². The lowest BCUT2D eigenvalue weighted by molar-refractivity contribution is 0.383. The molecule has 0 fully saturated rings. The summed E-state index contributed by atoms with van der Waals surface area (Å²) in [5, 5.41) is 0. The Labute approximate surface area is 332 Å². The highest BCUT2D eigenvalue weighted by Crippen LogP contribution is 2.62. The van der Waals surface area contributed by atoms with Crippen molar-refractivity contribution in [2.45, 2.75) is 11.6 Å². The quantitative estimate of drug-likeness (QED) is 0.177. The van der Waals surface area contributed by atoms with Crippen molar-refractivity contribution in [2.75, 3.05) is 7.05 Å². The molecule has 0 aromatic heterocycles. The third-order valence-electron chi connectivity index (χ3n) is 11.8. The van der Waals surface area contributed by atoms with Gasteiger partial charge in [-0.25, -0.2) is 9.98 Å². The van der Waals surface area contributed by atoms with E-state index in [1.165, 1.54) is 27.8 Å². The fourth-order valence-electron chi connectivity index (χ4n) is 9.24. The summed E-state index contributed by atoms with van der Waals surface area (Å²) < 4.78 is 6.69. The van der Waals surface area contributed by atoms with E-state index in [0.717, 1.165) is 67.7 Å². The van der Waals surface area contributed by atoms with Crippen LogP contribution in [0.15, 0.2) is 210 Å². The van der Waals surface area contributed by atoms with Crippen LogP contribution in [-0.4, -0.2) is 23.6 Å². The van der Waals surface area contributed by atoms with Crippen LogP contribution in [0.1, 0.15) is 45.1 Å². The minimum atomic E-state index is -0.502. The van der Waals surface area contributed by atoms with E-state index in [2.05, 4.69) is 200 Å². The number of rotatable bonds is 5. The summed E-state index contributed by atoms with van der Waals surface area (Å²) in [6.45, 7) is 0. The molecule has 11 rings (SSSR count). The van der Waals surface area contributed by atoms with Crippen molar-refractivity contribution in [2.24, 2.45) is 9.98 Å². The van der Waals surface area contributed by atoms with Gasteiger partial charge in [-0.1, -0.05) is 182 Å². The van der Waals surface area contributed by atoms with E-state index in [1.807, 2.05) is 12.1 Å². The molecule has 8 aromatic carbocycles. The highest BCUT2D eigenvalue weighted by molar-refractivity contribution is 6.15. The van der Waals surface area contributed by atoms with Crippen molar-refractivity contribution < 1.29 is 4.74 Å². The number of hydrogen-bond donors (Lipinski definition) is 0. The SMILES string of the molecule is CN1C(c2ccccc2)=NC(c2ccccc2-c2ccc(-c3ccc4c(c3)C3(c5ccccc5O4)c4ccccc4-c4ccccc43)cc2)=NC1c1ccccc1. The van der Waals surface area contributed by atoms with Gasteiger partial charge in [0.2, 0.25) is 0 Å². The molecule has 270 valence electrons. The number of ether oxygens (including phenoxy) is 1. The standard InChI is InChI=1S/C53H37N3O/c1-56-51(37-16-4-2-5-17-37)54-50(55-52(56)38-18-6-3-7-19-38)43-23-9-8-20-40(43)36-30-28-35(29-31-36)39-32-33-49-47(34-39)53(46-26-14-15-27-48(46)57-49)44-24-12-10-21-41(44)42-22-11-13-25-45(42)53/h2-34,51H,1H3. The lowest BCUT2D eigenvalue weighted by Gasteiger charge is -2.39. The molecule has 0 amide bonds. The van der Waals surface area contributed by atoms with Gasteiger partial charge in [-0.15, -0.1) is 0 Å². The van der Waals surface area contributed by atoms with Crippen LogP contribution in [0.5, 0.6) is 11.5 Å². The van der Waals surface area contributed by atoms with Crippen LogP contribution in [-0.2, 0) is 5.41 Å². The predicted octanol–water partition coefficient (Wildman–Crippen LogP) is 12.3. The highest BCUT2D eigenvalue weighted by Gasteiger charge is 2.51. The maximum absolute atomic E-state index is 6.69. The summed E-state index contributed by atoms with van der Waals surface area (Å²) in [7, 11) is 2.08. The molecular formula is C53H37N3O. The Kier molecular flexibility index (Phi) is 7.65. The molecule has 0 saturated heterocycles. The molecule has 1 atom stereocenters. The number of amidine groups is 2. The molecule has 0 N–H and O–H groups in total. The van der Waals surface area contributed by atoms with E-state index in [0.29, 0.717) is 0 Å². The number of benzene rings is 8. The molecule has 1 spiro atoms. The first-order valence-corrected chi connectivity index (χ1v) is 19.5. The Morgan fingerprint density at radius 1 is 0.439 bits per heavy atom. The zero-order chi connectivity index (χ0) is 37.9. The van der Waals surface area contributed by atoms with E-state index in [-0.39, 0.29) is 6.17 Å². The molecule has 2 aliphatic heterocycles. The van der Waals surface area contributed by atoms with Crippen LogP contribution < -0.4 is 4.74 Å². The minimum absolute atomic E-state index is 0.216. The molecule has 3 aliphatic rings. The molecule has 0 bridgehead atoms. The monoisotopic (exact) mass is 731 g/mol. The zero-order valence-corrected chi connectivity index (χ0v) is 31.4. The second-order valence-electron chi connectivity index (χ2n) is 14.9. The fourth-order valence-corrected chi connectivity index (χ4v) is 9.24. The van der Waals surface area contributed by atoms with Gasteiger partial charge in [0.25, 0.3) is 0 Å². The van der Waals surface area contributed by atoms with E-state index in [4.69, 9.17) is 14.7 Å². The Hall–Kier alpha value is -7.30. The Morgan fingerprint density at radius 3 is 1.67 bits per heavy atom. The van der Waals surface area contributed by atoms with E-state index < -0.39 is 5.41 Å². The van der Waals surface area contributed by atoms with Crippen LogP contribution in [0.3, 0.4) is 0 Å². The predicted molar refractivity (Wildman–Crippen MR) is 231 cm³/mol. The average Bonchev–Trinajstić information content (AvgIpc) is 3.58. The summed E-state index contributed by atoms with van der Waals surface area (Å²) in [6.07, 6.45) is -0.216. The minimum Gasteiger partial charge on any atom is -0.457 e. The Morgan fingerprint density at radius 2 is 0.965 bits per heavy atom. The zero-order valence-electron chi connectivity index (χ0n) is 31.4. The highest BCUT2D eigenvalue weighted by atomic mass is 16.5. The van der Waals surface area contributed by atoms with Crippen molar-refractivity contribution in [1.29, 1.82) is 0 Å². The summed E-state index contributed by atoms with van der Waals surface area (Å²) in [5.41, 5.74) is 14.6. The smallest absolute Gasteiger partial charge is 0.160 e. The number of fused-ring (bicyclic) bond motifs is 9. The van der Waals surface area contributed by atoms with Gasteiger partial charge in [-0.2, -0.15) is 0 Å². The van der Waals surface area contributed by atoms with Crippen LogP contribution in [0.25, 0.3) is 33.4 Å². The van der Waals surface area contributed by atoms with Crippen LogP contribution >= 0.6 is 0 Å². The second kappa shape index (κ2) is 13.2. The molecule has 0 radical (unpaired) electrons. The maximum Gasteiger partial charge on any atom is 0.160 e. The lowest BCUT2D eigenvalue weighted by atomic mass is 9.66. The van der Waals surface area contributed by atoms with Gasteiger partial charge in [0.1, 0.15) is 23.5 Å². The second-order valence-corrected chi connectivity index (χ2v) is 14.9. The summed E-state index contributed by atoms with van der Waals surface area (Å²) >= 11 is 0.